The first-order valence-electron chi connectivity index (χ1n) is 5.25. The Labute approximate surface area is 110 Å². The molecule has 0 spiro atoms. The van der Waals surface area contributed by atoms with E-state index in [1.54, 1.807) is 0 Å². The fourth-order valence-corrected chi connectivity index (χ4v) is 1.36. The molecule has 0 saturated heterocycles. The van der Waals surface area contributed by atoms with Crippen LogP contribution in [0, 0.1) is 11.3 Å². The highest BCUT2D eigenvalue weighted by molar-refractivity contribution is 5.86. The normalized spacial score (nSPS) is 15.1. The predicted octanol–water partition coefficient (Wildman–Crippen LogP) is 2.34. The third kappa shape index (κ3) is 4.89. The minimum absolute atomic E-state index is 1.25. The Morgan fingerprint density at radius 3 is 1.50 bits per heavy atom. The molecule has 2 N–H and O–H groups in total. The van der Waals surface area contributed by atoms with Crippen molar-refractivity contribution >= 4 is 11.9 Å². The molecule has 0 rings (SSSR count). The zero-order valence-corrected chi connectivity index (χ0v) is 10.7. The standard InChI is InChI=1S/C10H13F6NO3/c1-8(2,3)5(7(19)20)17-6(18)4(9(11,12)13)10(14,15)16/h4-5H,1-3H3,(H,17,18)(H,19,20)/t5-/m1/s1. The van der Waals surface area contributed by atoms with E-state index >= 15 is 0 Å². The van der Waals surface area contributed by atoms with Crippen LogP contribution in [0.15, 0.2) is 0 Å². The van der Waals surface area contributed by atoms with Gasteiger partial charge in [0.05, 0.1) is 0 Å². The van der Waals surface area contributed by atoms with Crippen molar-refractivity contribution in [2.75, 3.05) is 0 Å². The molecule has 0 saturated carbocycles. The highest BCUT2D eigenvalue weighted by Gasteiger charge is 2.61. The number of alkyl halides is 6. The molecule has 0 heterocycles. The molecule has 0 aliphatic carbocycles. The largest absolute Gasteiger partial charge is 0.480 e. The van der Waals surface area contributed by atoms with Gasteiger partial charge in [-0.15, -0.1) is 0 Å². The summed E-state index contributed by atoms with van der Waals surface area (Å²) in [6.45, 7) is 3.76. The van der Waals surface area contributed by atoms with Crippen molar-refractivity contribution in [3.8, 4) is 0 Å². The van der Waals surface area contributed by atoms with Gasteiger partial charge in [-0.3, -0.25) is 4.79 Å². The number of amides is 1. The van der Waals surface area contributed by atoms with Crippen molar-refractivity contribution in [3.05, 3.63) is 0 Å². The summed E-state index contributed by atoms with van der Waals surface area (Å²) >= 11 is 0. The quantitative estimate of drug-likeness (QED) is 0.786. The molecule has 118 valence electrons. The lowest BCUT2D eigenvalue weighted by atomic mass is 9.86. The predicted molar refractivity (Wildman–Crippen MR) is 54.6 cm³/mol. The zero-order valence-electron chi connectivity index (χ0n) is 10.7. The van der Waals surface area contributed by atoms with Crippen LogP contribution in [0.2, 0.25) is 0 Å². The first-order chi connectivity index (χ1) is 8.58. The number of hydrogen-bond acceptors (Lipinski definition) is 2. The molecule has 0 aromatic rings. The van der Waals surface area contributed by atoms with Gasteiger partial charge in [-0.25, -0.2) is 4.79 Å². The number of nitrogens with one attached hydrogen (secondary N) is 1. The Bertz CT molecular complexity index is 368. The minimum Gasteiger partial charge on any atom is -0.480 e. The van der Waals surface area contributed by atoms with Gasteiger partial charge in [-0.1, -0.05) is 20.8 Å². The molecule has 1 atom stereocenters. The van der Waals surface area contributed by atoms with Gasteiger partial charge in [0, 0.05) is 0 Å². The molecule has 4 nitrogen and oxygen atoms in total. The summed E-state index contributed by atoms with van der Waals surface area (Å²) in [6, 6.07) is -1.89. The zero-order chi connectivity index (χ0) is 16.5. The van der Waals surface area contributed by atoms with E-state index in [0.29, 0.717) is 0 Å². The fraction of sp³-hybridized carbons (Fsp3) is 0.800. The lowest BCUT2D eigenvalue weighted by Crippen LogP contribution is -2.55. The van der Waals surface area contributed by atoms with E-state index in [-0.39, 0.29) is 0 Å². The Hall–Kier alpha value is -1.48. The molecule has 20 heavy (non-hydrogen) atoms. The molecule has 0 unspecified atom stereocenters. The summed E-state index contributed by atoms with van der Waals surface area (Å²) in [5, 5.41) is 10.1. The van der Waals surface area contributed by atoms with Gasteiger partial charge in [-0.2, -0.15) is 26.3 Å². The van der Waals surface area contributed by atoms with Gasteiger partial charge in [0.2, 0.25) is 11.8 Å². The van der Waals surface area contributed by atoms with Crippen molar-refractivity contribution in [1.82, 2.24) is 5.32 Å². The molecule has 0 aliphatic heterocycles. The van der Waals surface area contributed by atoms with Gasteiger partial charge in [-0.05, 0) is 5.41 Å². The first-order valence-corrected chi connectivity index (χ1v) is 5.25. The Kier molecular flexibility index (Phi) is 5.08. The van der Waals surface area contributed by atoms with E-state index in [1.165, 1.54) is 26.1 Å². The van der Waals surface area contributed by atoms with Crippen molar-refractivity contribution < 1.29 is 41.0 Å². The maximum Gasteiger partial charge on any atom is 0.409 e. The summed E-state index contributed by atoms with van der Waals surface area (Å²) in [6.07, 6.45) is -11.7. The summed E-state index contributed by atoms with van der Waals surface area (Å²) in [4.78, 5) is 22.0. The second-order valence-corrected chi connectivity index (χ2v) is 5.16. The van der Waals surface area contributed by atoms with E-state index in [0.717, 1.165) is 0 Å². The van der Waals surface area contributed by atoms with Gasteiger partial charge in [0.1, 0.15) is 6.04 Å². The number of carbonyl (C=O) groups excluding carboxylic acids is 1. The maximum atomic E-state index is 12.3. The molecule has 0 aliphatic rings. The highest BCUT2D eigenvalue weighted by atomic mass is 19.4. The highest BCUT2D eigenvalue weighted by Crippen LogP contribution is 2.39. The van der Waals surface area contributed by atoms with Gasteiger partial charge in [0.15, 0.2) is 0 Å². The van der Waals surface area contributed by atoms with Crippen molar-refractivity contribution in [2.45, 2.75) is 39.2 Å². The lowest BCUT2D eigenvalue weighted by Gasteiger charge is -2.30. The van der Waals surface area contributed by atoms with Crippen LogP contribution >= 0.6 is 0 Å². The van der Waals surface area contributed by atoms with Crippen LogP contribution in [0.3, 0.4) is 0 Å². The molecule has 0 radical (unpaired) electrons. The second-order valence-electron chi connectivity index (χ2n) is 5.16. The average molecular weight is 309 g/mol. The van der Waals surface area contributed by atoms with E-state index in [4.69, 9.17) is 5.11 Å². The van der Waals surface area contributed by atoms with Crippen LogP contribution < -0.4 is 5.32 Å². The summed E-state index contributed by atoms with van der Waals surface area (Å²) in [7, 11) is 0. The van der Waals surface area contributed by atoms with Crippen LogP contribution in [0.4, 0.5) is 26.3 Å². The van der Waals surface area contributed by atoms with Gasteiger partial charge < -0.3 is 10.4 Å². The van der Waals surface area contributed by atoms with Gasteiger partial charge in [0.25, 0.3) is 0 Å². The van der Waals surface area contributed by atoms with E-state index < -0.39 is 41.6 Å². The molecule has 0 aromatic heterocycles. The first kappa shape index (κ1) is 18.5. The molecular weight excluding hydrogens is 296 g/mol. The smallest absolute Gasteiger partial charge is 0.409 e. The topological polar surface area (TPSA) is 66.4 Å². The molecular formula is C10H13F6NO3. The number of carboxylic acid groups (broad SMARTS) is 1. The molecule has 0 fully saturated rings. The lowest BCUT2D eigenvalue weighted by molar-refractivity contribution is -0.274. The number of rotatable bonds is 3. The molecule has 1 amide bonds. The van der Waals surface area contributed by atoms with Crippen molar-refractivity contribution in [3.63, 3.8) is 0 Å². The Morgan fingerprint density at radius 1 is 0.950 bits per heavy atom. The van der Waals surface area contributed by atoms with Crippen molar-refractivity contribution in [1.29, 1.82) is 0 Å². The fourth-order valence-electron chi connectivity index (χ4n) is 1.36. The van der Waals surface area contributed by atoms with Crippen LogP contribution in [0.1, 0.15) is 20.8 Å². The molecule has 0 aromatic carbocycles. The SMILES string of the molecule is CC(C)(C)[C@H](NC(=O)C(C(F)(F)F)C(F)(F)F)C(=O)O. The van der Waals surface area contributed by atoms with Crippen molar-refractivity contribution in [2.24, 2.45) is 11.3 Å². The maximum absolute atomic E-state index is 12.3. The summed E-state index contributed by atoms with van der Waals surface area (Å²) in [5.74, 6) is -8.43. The van der Waals surface area contributed by atoms with E-state index in [9.17, 15) is 35.9 Å². The third-order valence-electron chi connectivity index (χ3n) is 2.32. The van der Waals surface area contributed by atoms with Crippen LogP contribution in [0.5, 0.6) is 0 Å². The minimum atomic E-state index is -5.86. The van der Waals surface area contributed by atoms with Crippen LogP contribution in [-0.2, 0) is 9.59 Å². The second kappa shape index (κ2) is 5.49. The van der Waals surface area contributed by atoms with Crippen LogP contribution in [0.25, 0.3) is 0 Å². The third-order valence-corrected chi connectivity index (χ3v) is 2.32. The Morgan fingerprint density at radius 2 is 1.30 bits per heavy atom. The number of aliphatic carboxylic acids is 1. The molecule has 0 bridgehead atoms. The Balaban J connectivity index is 5.36. The number of hydrogen-bond donors (Lipinski definition) is 2. The number of carboxylic acids is 1. The van der Waals surface area contributed by atoms with Crippen LogP contribution in [-0.4, -0.2) is 35.4 Å². The number of carbonyl (C=O) groups is 2. The van der Waals surface area contributed by atoms with Gasteiger partial charge >= 0.3 is 18.3 Å². The van der Waals surface area contributed by atoms with E-state index in [2.05, 4.69) is 0 Å². The summed E-state index contributed by atoms with van der Waals surface area (Å²) in [5.41, 5.74) is -1.26. The monoisotopic (exact) mass is 309 g/mol. The molecule has 10 heteroatoms. The number of halogens is 6. The summed E-state index contributed by atoms with van der Waals surface area (Å²) < 4.78 is 73.7. The van der Waals surface area contributed by atoms with E-state index in [1.807, 2.05) is 0 Å². The average Bonchev–Trinajstić information content (AvgIpc) is 2.06.